The Kier molecular flexibility index (Phi) is 4.06. The zero-order valence-corrected chi connectivity index (χ0v) is 8.29. The van der Waals surface area contributed by atoms with Crippen LogP contribution >= 0.6 is 11.6 Å². The molecule has 72 valence electrons. The van der Waals surface area contributed by atoms with Crippen LogP contribution in [0.3, 0.4) is 0 Å². The molecule has 0 heterocycles. The summed E-state index contributed by atoms with van der Waals surface area (Å²) < 4.78 is 5.16. The van der Waals surface area contributed by atoms with Gasteiger partial charge in [-0.05, 0) is 6.07 Å². The first-order valence-electron chi connectivity index (χ1n) is 4.13. The van der Waals surface area contributed by atoms with Gasteiger partial charge in [0, 0.05) is 17.4 Å². The van der Waals surface area contributed by atoms with Gasteiger partial charge in [0.15, 0.2) is 0 Å². The molecule has 0 saturated carbocycles. The monoisotopic (exact) mass is 200 g/mol. The van der Waals surface area contributed by atoms with E-state index in [-0.39, 0.29) is 12.5 Å². The lowest BCUT2D eigenvalue weighted by Crippen LogP contribution is -2.07. The van der Waals surface area contributed by atoms with E-state index in [4.69, 9.17) is 21.4 Å². The number of alkyl halides is 1. The molecule has 3 heteroatoms. The van der Waals surface area contributed by atoms with Gasteiger partial charge >= 0.3 is 0 Å². The fraction of sp³-hybridized carbons (Fsp3) is 0.400. The van der Waals surface area contributed by atoms with Crippen LogP contribution in [0.4, 0.5) is 0 Å². The van der Waals surface area contributed by atoms with E-state index in [1.807, 2.05) is 24.3 Å². The Morgan fingerprint density at radius 1 is 1.46 bits per heavy atom. The Labute approximate surface area is 83.1 Å². The zero-order valence-electron chi connectivity index (χ0n) is 7.53. The Hall–Kier alpha value is -0.730. The number of aliphatic hydroxyl groups excluding tert-OH is 1. The van der Waals surface area contributed by atoms with Crippen molar-refractivity contribution in [3.8, 4) is 5.75 Å². The van der Waals surface area contributed by atoms with E-state index in [1.54, 1.807) is 7.11 Å². The predicted molar refractivity (Wildman–Crippen MR) is 53.5 cm³/mol. The molecule has 0 aliphatic heterocycles. The smallest absolute Gasteiger partial charge is 0.122 e. The number of halogens is 1. The summed E-state index contributed by atoms with van der Waals surface area (Å²) >= 11 is 5.72. The third-order valence-corrected chi connectivity index (χ3v) is 2.36. The summed E-state index contributed by atoms with van der Waals surface area (Å²) in [5.74, 6) is 1.14. The van der Waals surface area contributed by atoms with Crippen LogP contribution in [0.15, 0.2) is 24.3 Å². The van der Waals surface area contributed by atoms with E-state index in [0.29, 0.717) is 5.88 Å². The number of hydrogen-bond acceptors (Lipinski definition) is 2. The van der Waals surface area contributed by atoms with Crippen molar-refractivity contribution >= 4 is 11.6 Å². The van der Waals surface area contributed by atoms with Crippen LogP contribution in [0, 0.1) is 0 Å². The van der Waals surface area contributed by atoms with Crippen LogP contribution in [0.2, 0.25) is 0 Å². The van der Waals surface area contributed by atoms with Gasteiger partial charge in [0.05, 0.1) is 13.7 Å². The molecule has 0 unspecified atom stereocenters. The molecular formula is C10H13ClO2. The number of para-hydroxylation sites is 1. The molecular weight excluding hydrogens is 188 g/mol. The van der Waals surface area contributed by atoms with Crippen LogP contribution in [0.5, 0.6) is 5.75 Å². The molecule has 1 aromatic carbocycles. The lowest BCUT2D eigenvalue weighted by molar-refractivity contribution is 0.271. The highest BCUT2D eigenvalue weighted by Crippen LogP contribution is 2.26. The van der Waals surface area contributed by atoms with Crippen LogP contribution < -0.4 is 4.74 Å². The third-order valence-electron chi connectivity index (χ3n) is 1.99. The Morgan fingerprint density at radius 2 is 2.15 bits per heavy atom. The van der Waals surface area contributed by atoms with E-state index in [2.05, 4.69) is 0 Å². The minimum Gasteiger partial charge on any atom is -0.496 e. The second-order valence-corrected chi connectivity index (χ2v) is 3.08. The number of hydrogen-bond donors (Lipinski definition) is 1. The average Bonchev–Trinajstić information content (AvgIpc) is 2.20. The van der Waals surface area contributed by atoms with Crippen LogP contribution in [-0.2, 0) is 0 Å². The van der Waals surface area contributed by atoms with Gasteiger partial charge in [0.25, 0.3) is 0 Å². The minimum absolute atomic E-state index is 0.0437. The maximum absolute atomic E-state index is 9.06. The van der Waals surface area contributed by atoms with Gasteiger partial charge in [-0.1, -0.05) is 18.2 Å². The standard InChI is InChI=1S/C10H13ClO2/c1-13-10-5-3-2-4-9(10)8(6-11)7-12/h2-5,8,12H,6-7H2,1H3/t8-/m0/s1. The van der Waals surface area contributed by atoms with Crippen molar-refractivity contribution in [2.45, 2.75) is 5.92 Å². The van der Waals surface area contributed by atoms with E-state index in [0.717, 1.165) is 11.3 Å². The van der Waals surface area contributed by atoms with Crippen molar-refractivity contribution in [2.24, 2.45) is 0 Å². The van der Waals surface area contributed by atoms with Crippen molar-refractivity contribution in [3.63, 3.8) is 0 Å². The second kappa shape index (κ2) is 5.10. The molecule has 0 fully saturated rings. The zero-order chi connectivity index (χ0) is 9.68. The van der Waals surface area contributed by atoms with Gasteiger partial charge in [-0.15, -0.1) is 11.6 Å². The first-order valence-corrected chi connectivity index (χ1v) is 4.66. The molecule has 0 aliphatic rings. The van der Waals surface area contributed by atoms with Crippen molar-refractivity contribution in [3.05, 3.63) is 29.8 Å². The lowest BCUT2D eigenvalue weighted by atomic mass is 10.0. The SMILES string of the molecule is COc1ccccc1[C@H](CO)CCl. The molecule has 0 saturated heterocycles. The average molecular weight is 201 g/mol. The van der Waals surface area contributed by atoms with Gasteiger partial charge < -0.3 is 9.84 Å². The van der Waals surface area contributed by atoms with Gasteiger partial charge in [-0.25, -0.2) is 0 Å². The van der Waals surface area contributed by atoms with Crippen molar-refractivity contribution in [1.29, 1.82) is 0 Å². The maximum Gasteiger partial charge on any atom is 0.122 e. The second-order valence-electron chi connectivity index (χ2n) is 2.78. The van der Waals surface area contributed by atoms with E-state index >= 15 is 0 Å². The molecule has 13 heavy (non-hydrogen) atoms. The molecule has 1 rings (SSSR count). The molecule has 0 bridgehead atoms. The van der Waals surface area contributed by atoms with Crippen LogP contribution in [0.1, 0.15) is 11.5 Å². The summed E-state index contributed by atoms with van der Waals surface area (Å²) in [5, 5.41) is 9.06. The number of rotatable bonds is 4. The molecule has 1 aromatic rings. The topological polar surface area (TPSA) is 29.5 Å². The number of benzene rings is 1. The molecule has 2 nitrogen and oxygen atoms in total. The van der Waals surface area contributed by atoms with Gasteiger partial charge in [0.1, 0.15) is 5.75 Å². The minimum atomic E-state index is -0.0437. The highest BCUT2D eigenvalue weighted by atomic mass is 35.5. The maximum atomic E-state index is 9.06. The largest absolute Gasteiger partial charge is 0.496 e. The van der Waals surface area contributed by atoms with Crippen molar-refractivity contribution in [1.82, 2.24) is 0 Å². The summed E-state index contributed by atoms with van der Waals surface area (Å²) in [4.78, 5) is 0. The van der Waals surface area contributed by atoms with E-state index in [9.17, 15) is 0 Å². The van der Waals surface area contributed by atoms with E-state index < -0.39 is 0 Å². The lowest BCUT2D eigenvalue weighted by Gasteiger charge is -2.14. The molecule has 0 amide bonds. The highest BCUT2D eigenvalue weighted by Gasteiger charge is 2.12. The molecule has 1 N–H and O–H groups in total. The quantitative estimate of drug-likeness (QED) is 0.754. The number of aliphatic hydroxyl groups is 1. The van der Waals surface area contributed by atoms with E-state index in [1.165, 1.54) is 0 Å². The summed E-state index contributed by atoms with van der Waals surface area (Å²) in [6, 6.07) is 7.59. The van der Waals surface area contributed by atoms with Crippen LogP contribution in [0.25, 0.3) is 0 Å². The molecule has 0 spiro atoms. The first kappa shape index (κ1) is 10.4. The van der Waals surface area contributed by atoms with Gasteiger partial charge in [0.2, 0.25) is 0 Å². The summed E-state index contributed by atoms with van der Waals surface area (Å²) in [6.07, 6.45) is 0. The summed E-state index contributed by atoms with van der Waals surface area (Å²) in [6.45, 7) is 0.0455. The summed E-state index contributed by atoms with van der Waals surface area (Å²) in [7, 11) is 1.61. The van der Waals surface area contributed by atoms with Gasteiger partial charge in [-0.2, -0.15) is 0 Å². The normalized spacial score (nSPS) is 12.5. The Balaban J connectivity index is 2.96. The highest BCUT2D eigenvalue weighted by molar-refractivity contribution is 6.18. The number of ether oxygens (including phenoxy) is 1. The van der Waals surface area contributed by atoms with Crippen molar-refractivity contribution < 1.29 is 9.84 Å². The number of methoxy groups -OCH3 is 1. The van der Waals surface area contributed by atoms with Crippen LogP contribution in [-0.4, -0.2) is 24.7 Å². The fourth-order valence-electron chi connectivity index (χ4n) is 1.23. The summed E-state index contributed by atoms with van der Waals surface area (Å²) in [5.41, 5.74) is 0.961. The first-order chi connectivity index (χ1) is 6.33. The predicted octanol–water partition coefficient (Wildman–Crippen LogP) is 2.01. The molecule has 1 atom stereocenters. The van der Waals surface area contributed by atoms with Crippen molar-refractivity contribution in [2.75, 3.05) is 19.6 Å². The fourth-order valence-corrected chi connectivity index (χ4v) is 1.50. The Morgan fingerprint density at radius 3 is 2.69 bits per heavy atom. The molecule has 0 radical (unpaired) electrons. The molecule has 0 aromatic heterocycles. The Bertz CT molecular complexity index is 259. The molecule has 0 aliphatic carbocycles. The van der Waals surface area contributed by atoms with Gasteiger partial charge in [-0.3, -0.25) is 0 Å². The third kappa shape index (κ3) is 2.36.